The van der Waals surface area contributed by atoms with Gasteiger partial charge in [0.2, 0.25) is 0 Å². The van der Waals surface area contributed by atoms with E-state index in [4.69, 9.17) is 9.47 Å². The first kappa shape index (κ1) is 58.9. The van der Waals surface area contributed by atoms with Crippen LogP contribution in [0.1, 0.15) is 336 Å². The Kier molecular flexibility index (Phi) is 49.7. The lowest BCUT2D eigenvalue weighted by molar-refractivity contribution is -0.172. The number of esters is 2. The first-order chi connectivity index (χ1) is 29.6. The van der Waals surface area contributed by atoms with Crippen LogP contribution in [0.25, 0.3) is 0 Å². The summed E-state index contributed by atoms with van der Waals surface area (Å²) in [7, 11) is 0. The van der Waals surface area contributed by atoms with E-state index in [1.54, 1.807) is 0 Å². The van der Waals surface area contributed by atoms with Gasteiger partial charge in [0, 0.05) is 6.42 Å². The van der Waals surface area contributed by atoms with E-state index in [0.717, 1.165) is 51.4 Å². The summed E-state index contributed by atoms with van der Waals surface area (Å²) in [5.41, 5.74) is 0. The maximum absolute atomic E-state index is 13.8. The Morgan fingerprint density at radius 1 is 0.283 bits per heavy atom. The number of carbonyl (C=O) groups excluding carboxylic acids is 2. The first-order valence-electron chi connectivity index (χ1n) is 28.0. The third kappa shape index (κ3) is 45.0. The fraction of sp³-hybridized carbons (Fsp3) is 0.964. The predicted octanol–water partition coefficient (Wildman–Crippen LogP) is 19.6. The molecule has 0 aliphatic heterocycles. The molecule has 0 heterocycles. The van der Waals surface area contributed by atoms with Crippen LogP contribution < -0.4 is 0 Å². The van der Waals surface area contributed by atoms with Crippen molar-refractivity contribution in [3.05, 3.63) is 0 Å². The van der Waals surface area contributed by atoms with Crippen LogP contribution in [0.5, 0.6) is 0 Å². The summed E-state index contributed by atoms with van der Waals surface area (Å²) in [5, 5.41) is 0. The number of unbranched alkanes of at least 4 members (excludes halogenated alkanes) is 40. The first-order valence-corrected chi connectivity index (χ1v) is 28.0. The van der Waals surface area contributed by atoms with E-state index in [1.165, 1.54) is 244 Å². The molecule has 0 N–H and O–H groups in total. The summed E-state index contributed by atoms with van der Waals surface area (Å²) in [5.74, 6) is -0.482. The normalized spacial score (nSPS) is 12.5. The van der Waals surface area contributed by atoms with E-state index in [2.05, 4.69) is 27.7 Å². The fourth-order valence-electron chi connectivity index (χ4n) is 8.94. The van der Waals surface area contributed by atoms with Crippen LogP contribution in [0.4, 0.5) is 0 Å². The highest BCUT2D eigenvalue weighted by atomic mass is 16.6. The van der Waals surface area contributed by atoms with Crippen LogP contribution in [0.3, 0.4) is 0 Å². The van der Waals surface area contributed by atoms with Crippen LogP contribution in [0.15, 0.2) is 0 Å². The molecular formula is C56H110O4. The Labute approximate surface area is 377 Å². The molecule has 4 heteroatoms. The van der Waals surface area contributed by atoms with Crippen LogP contribution in [0, 0.1) is 0 Å². The number of hydrogen-bond acceptors (Lipinski definition) is 4. The molecule has 0 saturated heterocycles. The second-order valence-corrected chi connectivity index (χ2v) is 19.3. The van der Waals surface area contributed by atoms with Gasteiger partial charge >= 0.3 is 11.9 Å². The van der Waals surface area contributed by atoms with Crippen molar-refractivity contribution in [2.75, 3.05) is 0 Å². The molecule has 0 aromatic rings. The number of ether oxygens (including phenoxy) is 2. The highest BCUT2D eigenvalue weighted by Crippen LogP contribution is 2.21. The van der Waals surface area contributed by atoms with Crippen molar-refractivity contribution >= 4 is 11.9 Å². The molecule has 0 amide bonds. The van der Waals surface area contributed by atoms with Crippen molar-refractivity contribution in [2.45, 2.75) is 348 Å². The van der Waals surface area contributed by atoms with E-state index < -0.39 is 6.10 Å². The molecule has 60 heavy (non-hydrogen) atoms. The van der Waals surface area contributed by atoms with E-state index >= 15 is 0 Å². The molecule has 0 aromatic carbocycles. The van der Waals surface area contributed by atoms with E-state index in [-0.39, 0.29) is 18.0 Å². The van der Waals surface area contributed by atoms with Gasteiger partial charge in [0.05, 0.1) is 0 Å². The zero-order valence-corrected chi connectivity index (χ0v) is 41.7. The summed E-state index contributed by atoms with van der Waals surface area (Å²) >= 11 is 0. The van der Waals surface area contributed by atoms with Gasteiger partial charge in [-0.2, -0.15) is 0 Å². The Morgan fingerprint density at radius 2 is 0.517 bits per heavy atom. The Balaban J connectivity index is 4.82. The molecular weight excluding hydrogens is 737 g/mol. The van der Waals surface area contributed by atoms with Gasteiger partial charge in [-0.25, -0.2) is 4.79 Å². The molecule has 2 atom stereocenters. The summed E-state index contributed by atoms with van der Waals surface area (Å²) in [4.78, 5) is 26.9. The lowest BCUT2D eigenvalue weighted by Crippen LogP contribution is -2.32. The smallest absolute Gasteiger partial charge is 0.347 e. The fourth-order valence-corrected chi connectivity index (χ4v) is 8.94. The van der Waals surface area contributed by atoms with Crippen LogP contribution in [-0.2, 0) is 19.1 Å². The van der Waals surface area contributed by atoms with Crippen molar-refractivity contribution < 1.29 is 19.1 Å². The maximum atomic E-state index is 13.8. The Morgan fingerprint density at radius 3 is 0.800 bits per heavy atom. The zero-order chi connectivity index (χ0) is 43.7. The molecule has 0 bridgehead atoms. The third-order valence-electron chi connectivity index (χ3n) is 13.1. The molecule has 0 radical (unpaired) electrons. The Hall–Kier alpha value is -1.06. The average Bonchev–Trinajstić information content (AvgIpc) is 3.25. The van der Waals surface area contributed by atoms with Gasteiger partial charge in [0.1, 0.15) is 6.10 Å². The summed E-state index contributed by atoms with van der Waals surface area (Å²) in [6.07, 6.45) is 59.1. The van der Waals surface area contributed by atoms with Crippen molar-refractivity contribution in [1.82, 2.24) is 0 Å². The van der Waals surface area contributed by atoms with E-state index in [0.29, 0.717) is 12.8 Å². The minimum atomic E-state index is -0.749. The van der Waals surface area contributed by atoms with E-state index in [1.807, 2.05) is 0 Å². The molecule has 0 fully saturated rings. The quantitative estimate of drug-likeness (QED) is 0.0452. The third-order valence-corrected chi connectivity index (χ3v) is 13.1. The molecule has 0 aliphatic carbocycles. The van der Waals surface area contributed by atoms with Crippen LogP contribution in [-0.4, -0.2) is 24.1 Å². The molecule has 0 rings (SSSR count). The molecule has 4 nitrogen and oxygen atoms in total. The Bertz CT molecular complexity index is 841. The van der Waals surface area contributed by atoms with Crippen LogP contribution >= 0.6 is 0 Å². The standard InChI is InChI=1S/C56H110O4/c1-5-9-13-17-21-24-26-28-30-32-34-37-40-44-48-52-55(57)60-54(51-47-43-39-36-33-31-29-27-25-22-18-14-10-6-2)56(58)59-53(49-45-41-20-16-12-8-4)50-46-42-38-35-23-19-15-11-7-3/h53-54H,5-52H2,1-4H3. The van der Waals surface area contributed by atoms with E-state index in [9.17, 15) is 9.59 Å². The maximum Gasteiger partial charge on any atom is 0.347 e. The largest absolute Gasteiger partial charge is 0.460 e. The van der Waals surface area contributed by atoms with Gasteiger partial charge in [-0.1, -0.05) is 285 Å². The minimum Gasteiger partial charge on any atom is -0.460 e. The summed E-state index contributed by atoms with van der Waals surface area (Å²) in [6, 6.07) is 0. The number of hydrogen-bond donors (Lipinski definition) is 0. The number of rotatable bonds is 51. The number of carbonyl (C=O) groups is 2. The van der Waals surface area contributed by atoms with Crippen LogP contribution in [0.2, 0.25) is 0 Å². The molecule has 0 spiro atoms. The monoisotopic (exact) mass is 847 g/mol. The zero-order valence-electron chi connectivity index (χ0n) is 41.7. The molecule has 0 saturated carbocycles. The van der Waals surface area contributed by atoms with Gasteiger partial charge < -0.3 is 9.47 Å². The van der Waals surface area contributed by atoms with Gasteiger partial charge in [-0.3, -0.25) is 4.79 Å². The van der Waals surface area contributed by atoms with Crippen molar-refractivity contribution in [1.29, 1.82) is 0 Å². The van der Waals surface area contributed by atoms with Crippen molar-refractivity contribution in [2.24, 2.45) is 0 Å². The molecule has 0 aromatic heterocycles. The topological polar surface area (TPSA) is 52.6 Å². The van der Waals surface area contributed by atoms with Gasteiger partial charge in [-0.05, 0) is 44.9 Å². The summed E-state index contributed by atoms with van der Waals surface area (Å²) < 4.78 is 12.3. The second kappa shape index (κ2) is 50.6. The minimum absolute atomic E-state index is 0.0543. The van der Waals surface area contributed by atoms with Gasteiger partial charge in [0.25, 0.3) is 0 Å². The lowest BCUT2D eigenvalue weighted by Gasteiger charge is -2.22. The SMILES string of the molecule is CCCCCCCCCCCCCCCCCC(=O)OC(CCCCCCCCCCCCCCCC)C(=O)OC(CCCCCCCC)CCCCCCCCCCC. The molecule has 0 aliphatic rings. The average molecular weight is 847 g/mol. The van der Waals surface area contributed by atoms with Gasteiger partial charge in [0.15, 0.2) is 6.10 Å². The molecule has 358 valence electrons. The summed E-state index contributed by atoms with van der Waals surface area (Å²) in [6.45, 7) is 9.13. The van der Waals surface area contributed by atoms with Crippen molar-refractivity contribution in [3.8, 4) is 0 Å². The lowest BCUT2D eigenvalue weighted by atomic mass is 10.0. The highest BCUT2D eigenvalue weighted by Gasteiger charge is 2.27. The molecule has 2 unspecified atom stereocenters. The van der Waals surface area contributed by atoms with Gasteiger partial charge in [-0.15, -0.1) is 0 Å². The predicted molar refractivity (Wildman–Crippen MR) is 264 cm³/mol. The highest BCUT2D eigenvalue weighted by molar-refractivity contribution is 5.79. The van der Waals surface area contributed by atoms with Crippen molar-refractivity contribution in [3.63, 3.8) is 0 Å². The second-order valence-electron chi connectivity index (χ2n) is 19.3.